The third-order valence-corrected chi connectivity index (χ3v) is 4.50. The Balaban J connectivity index is 1.77. The van der Waals surface area contributed by atoms with Crippen LogP contribution in [-0.4, -0.2) is 63.2 Å². The number of nitrogens with one attached hydrogen (secondary N) is 2. The van der Waals surface area contributed by atoms with Crippen molar-refractivity contribution in [2.45, 2.75) is 12.5 Å². The second kappa shape index (κ2) is 7.57. The van der Waals surface area contributed by atoms with E-state index in [1.165, 1.54) is 0 Å². The molecule has 1 saturated heterocycles. The van der Waals surface area contributed by atoms with Crippen LogP contribution in [0.5, 0.6) is 11.5 Å². The second-order valence-electron chi connectivity index (χ2n) is 6.12. The maximum Gasteiger partial charge on any atom is 0.237 e. The highest BCUT2D eigenvalue weighted by atomic mass is 16.5. The molecule has 0 aromatic heterocycles. The molecule has 0 unspecified atom stereocenters. The van der Waals surface area contributed by atoms with Gasteiger partial charge in [0.2, 0.25) is 11.8 Å². The van der Waals surface area contributed by atoms with E-state index < -0.39 is 6.04 Å². The van der Waals surface area contributed by atoms with E-state index in [2.05, 4.69) is 16.7 Å². The topological polar surface area (TPSA) is 79.9 Å². The number of benzene rings is 1. The predicted molar refractivity (Wildman–Crippen MR) is 93.5 cm³/mol. The van der Waals surface area contributed by atoms with E-state index in [4.69, 9.17) is 9.47 Å². The van der Waals surface area contributed by atoms with Crippen LogP contribution in [0, 0.1) is 0 Å². The number of carbonyl (C=O) groups is 2. The van der Waals surface area contributed by atoms with Gasteiger partial charge in [0.15, 0.2) is 11.5 Å². The smallest absolute Gasteiger partial charge is 0.237 e. The average Bonchev–Trinajstić information content (AvgIpc) is 2.63. The fraction of sp³-hybridized carbons (Fsp3) is 0.444. The predicted octanol–water partition coefficient (Wildman–Crippen LogP) is 0.408. The number of hydrogen-bond acceptors (Lipinski definition) is 5. The van der Waals surface area contributed by atoms with E-state index in [1.807, 2.05) is 23.1 Å². The Bertz CT molecular complexity index is 702. The van der Waals surface area contributed by atoms with Gasteiger partial charge >= 0.3 is 0 Å². The van der Waals surface area contributed by atoms with Gasteiger partial charge in [-0.05, 0) is 17.7 Å². The van der Waals surface area contributed by atoms with Gasteiger partial charge in [0.25, 0.3) is 0 Å². The van der Waals surface area contributed by atoms with Gasteiger partial charge in [-0.25, -0.2) is 0 Å². The third kappa shape index (κ3) is 3.76. The molecule has 2 aliphatic rings. The Morgan fingerprint density at radius 3 is 3.08 bits per heavy atom. The minimum absolute atomic E-state index is 0.103. The Kier molecular flexibility index (Phi) is 5.23. The summed E-state index contributed by atoms with van der Waals surface area (Å²) in [6, 6.07) is 5.30. The molecule has 0 bridgehead atoms. The van der Waals surface area contributed by atoms with E-state index >= 15 is 0 Å². The molecule has 2 N–H and O–H groups in total. The highest BCUT2D eigenvalue weighted by Gasteiger charge is 2.32. The molecular formula is C18H23N3O4. The number of methoxy groups -OCH3 is 1. The first-order valence-electron chi connectivity index (χ1n) is 8.34. The van der Waals surface area contributed by atoms with E-state index in [0.717, 1.165) is 16.9 Å². The second-order valence-corrected chi connectivity index (χ2v) is 6.12. The number of ether oxygens (including phenoxy) is 2. The van der Waals surface area contributed by atoms with Crippen LogP contribution in [0.2, 0.25) is 0 Å². The molecule has 0 spiro atoms. The first kappa shape index (κ1) is 17.3. The summed E-state index contributed by atoms with van der Waals surface area (Å²) in [6.07, 6.45) is 2.23. The molecule has 134 valence electrons. The van der Waals surface area contributed by atoms with Gasteiger partial charge in [0.05, 0.1) is 19.6 Å². The number of nitrogens with zero attached hydrogens (tertiary/aromatic N) is 1. The lowest BCUT2D eigenvalue weighted by molar-refractivity contribution is -0.133. The molecule has 1 fully saturated rings. The monoisotopic (exact) mass is 345 g/mol. The van der Waals surface area contributed by atoms with Gasteiger partial charge in [-0.2, -0.15) is 0 Å². The molecule has 0 aliphatic carbocycles. The summed E-state index contributed by atoms with van der Waals surface area (Å²) in [5.41, 5.74) is 2.03. The van der Waals surface area contributed by atoms with Crippen molar-refractivity contribution >= 4 is 17.9 Å². The average molecular weight is 345 g/mol. The first-order chi connectivity index (χ1) is 12.1. The van der Waals surface area contributed by atoms with Crippen molar-refractivity contribution in [3.63, 3.8) is 0 Å². The van der Waals surface area contributed by atoms with Crippen LogP contribution in [-0.2, 0) is 9.59 Å². The summed E-state index contributed by atoms with van der Waals surface area (Å²) < 4.78 is 11.2. The van der Waals surface area contributed by atoms with Crippen LogP contribution < -0.4 is 20.1 Å². The highest BCUT2D eigenvalue weighted by molar-refractivity contribution is 5.88. The normalized spacial score (nSPS) is 20.0. The third-order valence-electron chi connectivity index (χ3n) is 4.50. The van der Waals surface area contributed by atoms with Gasteiger partial charge in [-0.3, -0.25) is 14.5 Å². The van der Waals surface area contributed by atoms with Crippen molar-refractivity contribution in [2.75, 3.05) is 40.4 Å². The summed E-state index contributed by atoms with van der Waals surface area (Å²) in [5, 5.41) is 5.42. The SMILES string of the molecule is CNC(=O)C[C@H]1C(=O)NCCN1CC1=Cc2cccc(OC)c2OC1. The molecular weight excluding hydrogens is 322 g/mol. The van der Waals surface area contributed by atoms with Crippen molar-refractivity contribution in [3.05, 3.63) is 29.3 Å². The molecule has 1 atom stereocenters. The van der Waals surface area contributed by atoms with Gasteiger partial charge in [0.1, 0.15) is 6.61 Å². The zero-order valence-electron chi connectivity index (χ0n) is 14.5. The maximum absolute atomic E-state index is 12.2. The van der Waals surface area contributed by atoms with Gasteiger partial charge in [0, 0.05) is 32.2 Å². The molecule has 3 rings (SSSR count). The van der Waals surface area contributed by atoms with Crippen LogP contribution >= 0.6 is 0 Å². The molecule has 7 heteroatoms. The molecule has 2 aliphatic heterocycles. The largest absolute Gasteiger partial charge is 0.493 e. The lowest BCUT2D eigenvalue weighted by atomic mass is 10.0. The minimum atomic E-state index is -0.457. The first-order valence-corrected chi connectivity index (χ1v) is 8.34. The van der Waals surface area contributed by atoms with Crippen molar-refractivity contribution in [2.24, 2.45) is 0 Å². The summed E-state index contributed by atoms with van der Waals surface area (Å²) in [6.45, 7) is 2.32. The molecule has 2 amide bonds. The fourth-order valence-electron chi connectivity index (χ4n) is 3.19. The molecule has 0 radical (unpaired) electrons. The van der Waals surface area contributed by atoms with Crippen LogP contribution in [0.15, 0.2) is 23.8 Å². The van der Waals surface area contributed by atoms with Gasteiger partial charge in [-0.15, -0.1) is 0 Å². The van der Waals surface area contributed by atoms with Crippen LogP contribution in [0.3, 0.4) is 0 Å². The van der Waals surface area contributed by atoms with Crippen molar-refractivity contribution < 1.29 is 19.1 Å². The molecule has 0 saturated carbocycles. The van der Waals surface area contributed by atoms with Crippen LogP contribution in [0.4, 0.5) is 0 Å². The lowest BCUT2D eigenvalue weighted by Crippen LogP contribution is -2.57. The van der Waals surface area contributed by atoms with E-state index in [-0.39, 0.29) is 18.2 Å². The number of piperazine rings is 1. The lowest BCUT2D eigenvalue weighted by Gasteiger charge is -2.35. The summed E-state index contributed by atoms with van der Waals surface area (Å²) in [7, 11) is 3.20. The zero-order valence-corrected chi connectivity index (χ0v) is 14.5. The highest BCUT2D eigenvalue weighted by Crippen LogP contribution is 2.35. The van der Waals surface area contributed by atoms with E-state index in [0.29, 0.717) is 32.0 Å². The quantitative estimate of drug-likeness (QED) is 0.808. The maximum atomic E-state index is 12.2. The molecule has 25 heavy (non-hydrogen) atoms. The molecule has 2 heterocycles. The Labute approximate surface area is 147 Å². The summed E-state index contributed by atoms with van der Waals surface area (Å²) in [4.78, 5) is 25.9. The Hall–Kier alpha value is -2.54. The number of rotatable bonds is 5. The molecule has 1 aromatic carbocycles. The van der Waals surface area contributed by atoms with E-state index in [1.54, 1.807) is 14.2 Å². The van der Waals surface area contributed by atoms with Crippen LogP contribution in [0.25, 0.3) is 6.08 Å². The van der Waals surface area contributed by atoms with Gasteiger partial charge < -0.3 is 20.1 Å². The standard InChI is InChI=1S/C18H23N3O4/c1-19-16(22)9-14-18(23)20-6-7-21(14)10-12-8-13-4-3-5-15(24-2)17(13)25-11-12/h3-5,8,14H,6-7,9-11H2,1-2H3,(H,19,22)(H,20,23)/t14-/m0/s1. The summed E-state index contributed by atoms with van der Waals surface area (Å²) >= 11 is 0. The fourth-order valence-corrected chi connectivity index (χ4v) is 3.19. The molecule has 7 nitrogen and oxygen atoms in total. The molecule has 1 aromatic rings. The van der Waals surface area contributed by atoms with E-state index in [9.17, 15) is 9.59 Å². The van der Waals surface area contributed by atoms with Crippen molar-refractivity contribution in [1.29, 1.82) is 0 Å². The minimum Gasteiger partial charge on any atom is -0.493 e. The Morgan fingerprint density at radius 2 is 2.32 bits per heavy atom. The Morgan fingerprint density at radius 1 is 1.48 bits per heavy atom. The van der Waals surface area contributed by atoms with Crippen molar-refractivity contribution in [3.8, 4) is 11.5 Å². The number of para-hydroxylation sites is 1. The number of carbonyl (C=O) groups excluding carboxylic acids is 2. The van der Waals surface area contributed by atoms with Gasteiger partial charge in [-0.1, -0.05) is 12.1 Å². The zero-order chi connectivity index (χ0) is 17.8. The number of fused-ring (bicyclic) bond motifs is 1. The number of hydrogen-bond donors (Lipinski definition) is 2. The summed E-state index contributed by atoms with van der Waals surface area (Å²) in [5.74, 6) is 1.21. The van der Waals surface area contributed by atoms with Crippen LogP contribution in [0.1, 0.15) is 12.0 Å². The number of amides is 2. The van der Waals surface area contributed by atoms with Crippen molar-refractivity contribution in [1.82, 2.24) is 15.5 Å².